The number of aryl methyl sites for hydroxylation is 1. The van der Waals surface area contributed by atoms with Crippen molar-refractivity contribution in [3.8, 4) is 17.2 Å². The Bertz CT molecular complexity index is 856. The lowest BCUT2D eigenvalue weighted by Gasteiger charge is -2.34. The summed E-state index contributed by atoms with van der Waals surface area (Å²) in [5, 5.41) is 0. The van der Waals surface area contributed by atoms with Crippen molar-refractivity contribution in [1.29, 1.82) is 0 Å². The van der Waals surface area contributed by atoms with Gasteiger partial charge in [-0.05, 0) is 43.2 Å². The zero-order valence-corrected chi connectivity index (χ0v) is 16.2. The third-order valence-corrected chi connectivity index (χ3v) is 4.48. The lowest BCUT2D eigenvalue weighted by Crippen LogP contribution is -2.36. The molecule has 1 aliphatic rings. The molecule has 0 radical (unpaired) electrons. The molecular formula is C21H25NO4. The second-order valence-corrected chi connectivity index (χ2v) is 6.75. The van der Waals surface area contributed by atoms with E-state index in [1.165, 1.54) is 0 Å². The monoisotopic (exact) mass is 355 g/mol. The summed E-state index contributed by atoms with van der Waals surface area (Å²) in [6.45, 7) is 8.36. The van der Waals surface area contributed by atoms with Crippen molar-refractivity contribution < 1.29 is 18.9 Å². The second-order valence-electron chi connectivity index (χ2n) is 6.75. The highest BCUT2D eigenvalue weighted by Gasteiger charge is 2.30. The van der Waals surface area contributed by atoms with E-state index in [4.69, 9.17) is 23.9 Å². The summed E-state index contributed by atoms with van der Waals surface area (Å²) in [6.07, 6.45) is 4.02. The van der Waals surface area contributed by atoms with Crippen LogP contribution < -0.4 is 14.2 Å². The molecular weight excluding hydrogens is 330 g/mol. The van der Waals surface area contributed by atoms with Gasteiger partial charge in [0.1, 0.15) is 5.75 Å². The second kappa shape index (κ2) is 7.00. The fourth-order valence-corrected chi connectivity index (χ4v) is 2.98. The number of methoxy groups -OCH3 is 2. The Morgan fingerprint density at radius 3 is 2.50 bits per heavy atom. The summed E-state index contributed by atoms with van der Waals surface area (Å²) >= 11 is 0. The van der Waals surface area contributed by atoms with Gasteiger partial charge in [0.25, 0.3) is 0 Å². The number of benzene rings is 1. The van der Waals surface area contributed by atoms with Crippen LogP contribution in [-0.2, 0) is 11.3 Å². The predicted octanol–water partition coefficient (Wildman–Crippen LogP) is 4.53. The number of fused-ring (bicyclic) bond motifs is 1. The molecule has 5 nitrogen and oxygen atoms in total. The molecule has 0 amide bonds. The molecule has 1 aromatic heterocycles. The molecule has 0 saturated carbocycles. The lowest BCUT2D eigenvalue weighted by atomic mass is 10.0. The van der Waals surface area contributed by atoms with Crippen LogP contribution in [0.5, 0.6) is 17.2 Å². The minimum atomic E-state index is -0.622. The summed E-state index contributed by atoms with van der Waals surface area (Å²) in [6, 6.07) is 5.80. The van der Waals surface area contributed by atoms with Crippen molar-refractivity contribution >= 4 is 12.2 Å². The van der Waals surface area contributed by atoms with Crippen LogP contribution in [0.1, 0.15) is 41.9 Å². The van der Waals surface area contributed by atoms with Crippen LogP contribution in [0.4, 0.5) is 0 Å². The maximum Gasteiger partial charge on any atom is 0.205 e. The van der Waals surface area contributed by atoms with Gasteiger partial charge < -0.3 is 18.9 Å². The van der Waals surface area contributed by atoms with Crippen LogP contribution in [0, 0.1) is 13.8 Å². The average Bonchev–Trinajstić information content (AvgIpc) is 2.62. The first-order valence-corrected chi connectivity index (χ1v) is 8.58. The molecule has 138 valence electrons. The molecule has 2 heterocycles. The van der Waals surface area contributed by atoms with Crippen LogP contribution in [0.2, 0.25) is 0 Å². The molecule has 0 saturated heterocycles. The van der Waals surface area contributed by atoms with Gasteiger partial charge in [0.2, 0.25) is 5.79 Å². The number of hydrogen-bond acceptors (Lipinski definition) is 5. The molecule has 3 rings (SSSR count). The predicted molar refractivity (Wildman–Crippen MR) is 102 cm³/mol. The first kappa shape index (κ1) is 18.3. The molecule has 0 fully saturated rings. The highest BCUT2D eigenvalue weighted by molar-refractivity contribution is 5.72. The number of nitrogens with zero attached hydrogens (tertiary/aromatic N) is 1. The van der Waals surface area contributed by atoms with Gasteiger partial charge in [0, 0.05) is 19.4 Å². The Balaban J connectivity index is 1.94. The van der Waals surface area contributed by atoms with Crippen molar-refractivity contribution in [3.05, 3.63) is 46.3 Å². The van der Waals surface area contributed by atoms with E-state index in [-0.39, 0.29) is 0 Å². The third-order valence-electron chi connectivity index (χ3n) is 4.48. The van der Waals surface area contributed by atoms with Gasteiger partial charge >= 0.3 is 0 Å². The number of rotatable bonds is 4. The van der Waals surface area contributed by atoms with Crippen LogP contribution in [0.3, 0.4) is 0 Å². The summed E-state index contributed by atoms with van der Waals surface area (Å²) in [5.74, 6) is 1.62. The molecule has 1 aliphatic heterocycles. The van der Waals surface area contributed by atoms with E-state index in [0.29, 0.717) is 18.1 Å². The smallest absolute Gasteiger partial charge is 0.205 e. The normalized spacial score (nSPS) is 15.5. The molecule has 26 heavy (non-hydrogen) atoms. The minimum Gasteiger partial charge on any atom is -0.493 e. The standard InChI is InChI=1S/C21H25NO4/c1-13-16-12-25-21(3,4)26-20(16)14(2)22-17(13)9-7-15-8-10-18(23-5)19(11-15)24-6/h7-11H,12H2,1-6H3/b9-7-. The zero-order chi connectivity index (χ0) is 18.9. The van der Waals surface area contributed by atoms with Crippen LogP contribution >= 0.6 is 0 Å². The van der Waals surface area contributed by atoms with Gasteiger partial charge in [-0.3, -0.25) is 0 Å². The molecule has 0 aliphatic carbocycles. The van der Waals surface area contributed by atoms with Crippen LogP contribution in [0.25, 0.3) is 12.2 Å². The molecule has 0 unspecified atom stereocenters. The maximum absolute atomic E-state index is 5.97. The van der Waals surface area contributed by atoms with Gasteiger partial charge in [0.15, 0.2) is 11.5 Å². The Hall–Kier alpha value is -2.53. The Morgan fingerprint density at radius 2 is 1.81 bits per heavy atom. The lowest BCUT2D eigenvalue weighted by molar-refractivity contribution is -0.180. The van der Waals surface area contributed by atoms with E-state index >= 15 is 0 Å². The van der Waals surface area contributed by atoms with Gasteiger partial charge in [-0.25, -0.2) is 4.98 Å². The van der Waals surface area contributed by atoms with Crippen molar-refractivity contribution in [3.63, 3.8) is 0 Å². The third kappa shape index (κ3) is 3.53. The maximum atomic E-state index is 5.97. The molecule has 0 N–H and O–H groups in total. The van der Waals surface area contributed by atoms with Crippen molar-refractivity contribution in [2.24, 2.45) is 0 Å². The van der Waals surface area contributed by atoms with E-state index in [9.17, 15) is 0 Å². The van der Waals surface area contributed by atoms with E-state index in [1.54, 1.807) is 14.2 Å². The molecule has 0 spiro atoms. The molecule has 2 aromatic rings. The van der Waals surface area contributed by atoms with Crippen molar-refractivity contribution in [2.45, 2.75) is 40.1 Å². The van der Waals surface area contributed by atoms with E-state index < -0.39 is 5.79 Å². The van der Waals surface area contributed by atoms with Gasteiger partial charge in [-0.1, -0.05) is 12.1 Å². The van der Waals surface area contributed by atoms with Gasteiger partial charge in [-0.2, -0.15) is 0 Å². The van der Waals surface area contributed by atoms with E-state index in [0.717, 1.165) is 33.8 Å². The van der Waals surface area contributed by atoms with Crippen LogP contribution in [0.15, 0.2) is 18.2 Å². The average molecular weight is 355 g/mol. The first-order valence-electron chi connectivity index (χ1n) is 8.58. The van der Waals surface area contributed by atoms with Gasteiger partial charge in [0.05, 0.1) is 32.2 Å². The number of aromatic nitrogens is 1. The number of pyridine rings is 1. The Morgan fingerprint density at radius 1 is 1.08 bits per heavy atom. The number of ether oxygens (including phenoxy) is 4. The van der Waals surface area contributed by atoms with Crippen LogP contribution in [-0.4, -0.2) is 25.0 Å². The van der Waals surface area contributed by atoms with Crippen molar-refractivity contribution in [1.82, 2.24) is 4.98 Å². The summed E-state index contributed by atoms with van der Waals surface area (Å²) in [7, 11) is 3.26. The quantitative estimate of drug-likeness (QED) is 0.806. The highest BCUT2D eigenvalue weighted by atomic mass is 16.7. The minimum absolute atomic E-state index is 0.523. The summed E-state index contributed by atoms with van der Waals surface area (Å²) < 4.78 is 22.4. The first-order chi connectivity index (χ1) is 12.3. The summed E-state index contributed by atoms with van der Waals surface area (Å²) in [5.41, 5.74) is 4.91. The largest absolute Gasteiger partial charge is 0.493 e. The Labute approximate surface area is 154 Å². The van der Waals surface area contributed by atoms with Crippen molar-refractivity contribution in [2.75, 3.05) is 14.2 Å². The van der Waals surface area contributed by atoms with Gasteiger partial charge in [-0.15, -0.1) is 0 Å². The molecule has 0 atom stereocenters. The SMILES string of the molecule is COc1ccc(/C=C\c2nc(C)c3c(c2C)COC(C)(C)O3)cc1OC. The number of hydrogen-bond donors (Lipinski definition) is 0. The molecule has 0 bridgehead atoms. The van der Waals surface area contributed by atoms with E-state index in [1.807, 2.05) is 58.0 Å². The highest BCUT2D eigenvalue weighted by Crippen LogP contribution is 2.36. The molecule has 1 aromatic carbocycles. The Kier molecular flexibility index (Phi) is 4.92. The fraction of sp³-hybridized carbons (Fsp3) is 0.381. The fourth-order valence-electron chi connectivity index (χ4n) is 2.98. The topological polar surface area (TPSA) is 49.8 Å². The van der Waals surface area contributed by atoms with E-state index in [2.05, 4.69) is 0 Å². The molecule has 5 heteroatoms. The zero-order valence-electron chi connectivity index (χ0n) is 16.2. The summed E-state index contributed by atoms with van der Waals surface area (Å²) in [4.78, 5) is 4.72.